The fraction of sp³-hybridized carbons (Fsp3) is 0.500. The van der Waals surface area contributed by atoms with Crippen LogP contribution in [0.1, 0.15) is 44.0 Å². The lowest BCUT2D eigenvalue weighted by molar-refractivity contribution is 0.0939. The van der Waals surface area contributed by atoms with Gasteiger partial charge in [0.2, 0.25) is 10.0 Å². The molecule has 0 aliphatic heterocycles. The molecule has 1 aromatic carbocycles. The molecule has 1 aromatic rings. The molecule has 6 heteroatoms. The minimum Gasteiger partial charge on any atom is -0.294 e. The van der Waals surface area contributed by atoms with Gasteiger partial charge in [0.25, 0.3) is 0 Å². The van der Waals surface area contributed by atoms with E-state index in [0.717, 1.165) is 18.6 Å². The number of nitrogens with one attached hydrogen (secondary N) is 1. The van der Waals surface area contributed by atoms with E-state index in [1.807, 2.05) is 6.92 Å². The van der Waals surface area contributed by atoms with Crippen LogP contribution >= 0.6 is 0 Å². The summed E-state index contributed by atoms with van der Waals surface area (Å²) in [5.41, 5.74) is 0.206. The lowest BCUT2D eigenvalue weighted by atomic mass is 10.0. The van der Waals surface area contributed by atoms with Gasteiger partial charge in [0.15, 0.2) is 5.78 Å². The quantitative estimate of drug-likeness (QED) is 0.622. The summed E-state index contributed by atoms with van der Waals surface area (Å²) in [6.07, 6.45) is 1.50. The fourth-order valence-corrected chi connectivity index (χ4v) is 2.83. The standard InChI is InChI=1S/C14H20FNO3S/c1-4-5-8-16-20(18,19)13-9-11(6-7-12(13)15)14(17)10(2)3/h6-7,9-10,16H,4-5,8H2,1-3H3. The van der Waals surface area contributed by atoms with Crippen molar-refractivity contribution in [1.82, 2.24) is 4.72 Å². The van der Waals surface area contributed by atoms with Gasteiger partial charge in [0, 0.05) is 18.0 Å². The molecule has 0 fully saturated rings. The molecule has 4 nitrogen and oxygen atoms in total. The highest BCUT2D eigenvalue weighted by atomic mass is 32.2. The molecule has 0 unspecified atom stereocenters. The Kier molecular flexibility index (Phi) is 5.83. The maximum atomic E-state index is 13.7. The van der Waals surface area contributed by atoms with Crippen LogP contribution in [0, 0.1) is 11.7 Å². The number of sulfonamides is 1. The lowest BCUT2D eigenvalue weighted by Gasteiger charge is -2.10. The Labute approximate surface area is 119 Å². The van der Waals surface area contributed by atoms with E-state index in [1.165, 1.54) is 6.07 Å². The first-order chi connectivity index (χ1) is 9.29. The van der Waals surface area contributed by atoms with Crippen molar-refractivity contribution < 1.29 is 17.6 Å². The van der Waals surface area contributed by atoms with Crippen LogP contribution in [0.15, 0.2) is 23.1 Å². The van der Waals surface area contributed by atoms with Crippen LogP contribution in [-0.2, 0) is 10.0 Å². The zero-order valence-corrected chi connectivity index (χ0v) is 12.8. The highest BCUT2D eigenvalue weighted by Gasteiger charge is 2.21. The molecule has 0 saturated heterocycles. The molecule has 0 aromatic heterocycles. The van der Waals surface area contributed by atoms with Crippen LogP contribution in [-0.4, -0.2) is 20.7 Å². The summed E-state index contributed by atoms with van der Waals surface area (Å²) >= 11 is 0. The summed E-state index contributed by atoms with van der Waals surface area (Å²) in [4.78, 5) is 11.4. The average Bonchev–Trinajstić information content (AvgIpc) is 2.38. The van der Waals surface area contributed by atoms with Crippen LogP contribution in [0.3, 0.4) is 0 Å². The summed E-state index contributed by atoms with van der Waals surface area (Å²) in [6, 6.07) is 3.43. The van der Waals surface area contributed by atoms with Crippen molar-refractivity contribution in [2.75, 3.05) is 6.54 Å². The number of benzene rings is 1. The second-order valence-corrected chi connectivity index (χ2v) is 6.65. The third-order valence-corrected chi connectivity index (χ3v) is 4.33. The zero-order chi connectivity index (χ0) is 15.3. The molecule has 0 aliphatic carbocycles. The van der Waals surface area contributed by atoms with E-state index in [2.05, 4.69) is 4.72 Å². The molecule has 0 bridgehead atoms. The number of hydrogen-bond donors (Lipinski definition) is 1. The average molecular weight is 301 g/mol. The third kappa shape index (κ3) is 4.11. The predicted molar refractivity (Wildman–Crippen MR) is 75.7 cm³/mol. The summed E-state index contributed by atoms with van der Waals surface area (Å²) < 4.78 is 40.1. The SMILES string of the molecule is CCCCNS(=O)(=O)c1cc(C(=O)C(C)C)ccc1F. The van der Waals surface area contributed by atoms with Gasteiger partial charge in [-0.1, -0.05) is 27.2 Å². The van der Waals surface area contributed by atoms with Crippen molar-refractivity contribution >= 4 is 15.8 Å². The van der Waals surface area contributed by atoms with Crippen molar-refractivity contribution in [3.63, 3.8) is 0 Å². The van der Waals surface area contributed by atoms with Crippen LogP contribution in [0.4, 0.5) is 4.39 Å². The molecular weight excluding hydrogens is 281 g/mol. The highest BCUT2D eigenvalue weighted by molar-refractivity contribution is 7.89. The predicted octanol–water partition coefficient (Wildman–Crippen LogP) is 2.74. The summed E-state index contributed by atoms with van der Waals surface area (Å²) in [7, 11) is -3.92. The van der Waals surface area contributed by atoms with Gasteiger partial charge in [-0.3, -0.25) is 4.79 Å². The first-order valence-corrected chi connectivity index (χ1v) is 8.11. The Morgan fingerprint density at radius 2 is 2.00 bits per heavy atom. The highest BCUT2D eigenvalue weighted by Crippen LogP contribution is 2.18. The van der Waals surface area contributed by atoms with E-state index < -0.39 is 20.7 Å². The van der Waals surface area contributed by atoms with Gasteiger partial charge in [0.05, 0.1) is 0 Å². The molecule has 20 heavy (non-hydrogen) atoms. The number of carbonyl (C=O) groups excluding carboxylic acids is 1. The van der Waals surface area contributed by atoms with Gasteiger partial charge >= 0.3 is 0 Å². The smallest absolute Gasteiger partial charge is 0.243 e. The number of halogens is 1. The van der Waals surface area contributed by atoms with Crippen molar-refractivity contribution in [1.29, 1.82) is 0 Å². The van der Waals surface area contributed by atoms with Gasteiger partial charge in [-0.2, -0.15) is 0 Å². The summed E-state index contributed by atoms with van der Waals surface area (Å²) in [5.74, 6) is -1.34. The van der Waals surface area contributed by atoms with Gasteiger partial charge in [-0.05, 0) is 24.6 Å². The molecule has 1 N–H and O–H groups in total. The Balaban J connectivity index is 3.11. The van der Waals surface area contributed by atoms with Crippen molar-refractivity contribution in [2.24, 2.45) is 5.92 Å². The van der Waals surface area contributed by atoms with Gasteiger partial charge in [0.1, 0.15) is 10.7 Å². The third-order valence-electron chi connectivity index (χ3n) is 2.85. The van der Waals surface area contributed by atoms with E-state index in [1.54, 1.807) is 13.8 Å². The van der Waals surface area contributed by atoms with Crippen LogP contribution in [0.25, 0.3) is 0 Å². The van der Waals surface area contributed by atoms with Crippen molar-refractivity contribution in [3.05, 3.63) is 29.6 Å². The second-order valence-electron chi connectivity index (χ2n) is 4.92. The monoisotopic (exact) mass is 301 g/mol. The number of hydrogen-bond acceptors (Lipinski definition) is 3. The Bertz CT molecular complexity index is 582. The minimum absolute atomic E-state index is 0.206. The van der Waals surface area contributed by atoms with Gasteiger partial charge < -0.3 is 0 Å². The Hall–Kier alpha value is -1.27. The normalized spacial score (nSPS) is 11.8. The van der Waals surface area contributed by atoms with E-state index in [4.69, 9.17) is 0 Å². The Morgan fingerprint density at radius 3 is 2.55 bits per heavy atom. The summed E-state index contributed by atoms with van der Waals surface area (Å²) in [5, 5.41) is 0. The number of ketones is 1. The molecule has 0 aliphatic rings. The lowest BCUT2D eigenvalue weighted by Crippen LogP contribution is -2.26. The number of Topliss-reactive ketones (excluding diaryl/α,β-unsaturated/α-hetero) is 1. The fourth-order valence-electron chi connectivity index (χ4n) is 1.66. The second kappa shape index (κ2) is 6.95. The maximum absolute atomic E-state index is 13.7. The molecule has 0 heterocycles. The molecule has 0 saturated carbocycles. The van der Waals surface area contributed by atoms with E-state index in [0.29, 0.717) is 6.42 Å². The molecule has 1 rings (SSSR count). The molecule has 0 spiro atoms. The van der Waals surface area contributed by atoms with Gasteiger partial charge in [-0.25, -0.2) is 17.5 Å². The van der Waals surface area contributed by atoms with Crippen molar-refractivity contribution in [2.45, 2.75) is 38.5 Å². The number of unbranched alkanes of at least 4 members (excludes halogenated alkanes) is 1. The first kappa shape index (κ1) is 16.8. The number of rotatable bonds is 7. The topological polar surface area (TPSA) is 63.2 Å². The van der Waals surface area contributed by atoms with E-state index >= 15 is 0 Å². The Morgan fingerprint density at radius 1 is 1.35 bits per heavy atom. The van der Waals surface area contributed by atoms with E-state index in [9.17, 15) is 17.6 Å². The summed E-state index contributed by atoms with van der Waals surface area (Å²) in [6.45, 7) is 5.59. The van der Waals surface area contributed by atoms with Crippen LogP contribution in [0.5, 0.6) is 0 Å². The number of carbonyl (C=O) groups is 1. The largest absolute Gasteiger partial charge is 0.294 e. The zero-order valence-electron chi connectivity index (χ0n) is 11.9. The van der Waals surface area contributed by atoms with E-state index in [-0.39, 0.29) is 23.8 Å². The minimum atomic E-state index is -3.92. The maximum Gasteiger partial charge on any atom is 0.243 e. The molecule has 0 radical (unpaired) electrons. The van der Waals surface area contributed by atoms with Crippen molar-refractivity contribution in [3.8, 4) is 0 Å². The first-order valence-electron chi connectivity index (χ1n) is 6.63. The molecular formula is C14H20FNO3S. The van der Waals surface area contributed by atoms with Crippen LogP contribution < -0.4 is 4.72 Å². The molecule has 0 amide bonds. The molecule has 0 atom stereocenters. The molecule has 112 valence electrons. The van der Waals surface area contributed by atoms with Crippen LogP contribution in [0.2, 0.25) is 0 Å². The van der Waals surface area contributed by atoms with Gasteiger partial charge in [-0.15, -0.1) is 0 Å².